The van der Waals surface area contributed by atoms with Crippen LogP contribution in [-0.4, -0.2) is 55.2 Å². The summed E-state index contributed by atoms with van der Waals surface area (Å²) < 4.78 is 15.5. The SMILES string of the molecule is Cc1cccc(-n2cc(-c3ccc(F)cc3)c3c(NC(CO)(CO)CO)ncnc32)c1. The molecule has 0 aliphatic carbocycles. The number of aryl methyl sites for hydroxylation is 1. The van der Waals surface area contributed by atoms with Gasteiger partial charge in [0, 0.05) is 17.4 Å². The average molecular weight is 422 g/mol. The lowest BCUT2D eigenvalue weighted by atomic mass is 10.0. The number of halogens is 1. The number of aliphatic hydroxyl groups excluding tert-OH is 3. The molecule has 4 aromatic rings. The van der Waals surface area contributed by atoms with Gasteiger partial charge in [-0.15, -0.1) is 0 Å². The second-order valence-electron chi connectivity index (χ2n) is 7.56. The van der Waals surface area contributed by atoms with Crippen LogP contribution in [0.3, 0.4) is 0 Å². The molecule has 4 rings (SSSR count). The lowest BCUT2D eigenvalue weighted by Crippen LogP contribution is -2.49. The van der Waals surface area contributed by atoms with E-state index in [0.29, 0.717) is 16.9 Å². The van der Waals surface area contributed by atoms with Crippen LogP contribution in [0.25, 0.3) is 27.8 Å². The predicted molar refractivity (Wildman–Crippen MR) is 117 cm³/mol. The van der Waals surface area contributed by atoms with Gasteiger partial charge >= 0.3 is 0 Å². The van der Waals surface area contributed by atoms with Gasteiger partial charge in [0.05, 0.1) is 25.2 Å². The van der Waals surface area contributed by atoms with Crippen molar-refractivity contribution in [3.05, 3.63) is 72.4 Å². The van der Waals surface area contributed by atoms with Gasteiger partial charge in [-0.1, -0.05) is 24.3 Å². The maximum absolute atomic E-state index is 13.5. The highest BCUT2D eigenvalue weighted by molar-refractivity contribution is 6.02. The van der Waals surface area contributed by atoms with Crippen molar-refractivity contribution in [2.75, 3.05) is 25.1 Å². The van der Waals surface area contributed by atoms with Crippen LogP contribution in [0.15, 0.2) is 61.1 Å². The van der Waals surface area contributed by atoms with Gasteiger partial charge in [0.1, 0.15) is 23.5 Å². The highest BCUT2D eigenvalue weighted by atomic mass is 19.1. The van der Waals surface area contributed by atoms with Crippen LogP contribution in [0.2, 0.25) is 0 Å². The van der Waals surface area contributed by atoms with E-state index in [9.17, 15) is 19.7 Å². The zero-order valence-corrected chi connectivity index (χ0v) is 17.0. The van der Waals surface area contributed by atoms with Gasteiger partial charge in [0.25, 0.3) is 0 Å². The normalized spacial score (nSPS) is 11.8. The molecule has 0 spiro atoms. The van der Waals surface area contributed by atoms with Crippen LogP contribution in [0.1, 0.15) is 5.56 Å². The van der Waals surface area contributed by atoms with Crippen molar-refractivity contribution < 1.29 is 19.7 Å². The van der Waals surface area contributed by atoms with Crippen molar-refractivity contribution in [1.29, 1.82) is 0 Å². The van der Waals surface area contributed by atoms with Crippen LogP contribution in [0.5, 0.6) is 0 Å². The Morgan fingerprint density at radius 2 is 1.71 bits per heavy atom. The van der Waals surface area contributed by atoms with Crippen molar-refractivity contribution in [2.24, 2.45) is 0 Å². The first kappa shape index (κ1) is 20.9. The highest BCUT2D eigenvalue weighted by Gasteiger charge is 2.30. The number of nitrogens with one attached hydrogen (secondary N) is 1. The molecule has 0 aliphatic heterocycles. The van der Waals surface area contributed by atoms with Gasteiger partial charge < -0.3 is 25.2 Å². The molecule has 31 heavy (non-hydrogen) atoms. The minimum atomic E-state index is -1.37. The second-order valence-corrected chi connectivity index (χ2v) is 7.56. The zero-order valence-electron chi connectivity index (χ0n) is 17.0. The summed E-state index contributed by atoms with van der Waals surface area (Å²) >= 11 is 0. The molecule has 0 unspecified atom stereocenters. The lowest BCUT2D eigenvalue weighted by molar-refractivity contribution is 0.0832. The molecule has 2 aromatic carbocycles. The summed E-state index contributed by atoms with van der Waals surface area (Å²) in [6.45, 7) is 0.484. The van der Waals surface area contributed by atoms with Crippen LogP contribution >= 0.6 is 0 Å². The quantitative estimate of drug-likeness (QED) is 0.365. The summed E-state index contributed by atoms with van der Waals surface area (Å²) in [7, 11) is 0. The summed E-state index contributed by atoms with van der Waals surface area (Å²) in [4.78, 5) is 8.79. The van der Waals surface area contributed by atoms with E-state index in [1.54, 1.807) is 12.1 Å². The first-order valence-corrected chi connectivity index (χ1v) is 9.80. The van der Waals surface area contributed by atoms with Gasteiger partial charge in [-0.2, -0.15) is 0 Å². The molecule has 0 aliphatic rings. The number of aromatic nitrogens is 3. The first-order valence-electron chi connectivity index (χ1n) is 9.80. The van der Waals surface area contributed by atoms with E-state index in [1.165, 1.54) is 18.5 Å². The van der Waals surface area contributed by atoms with Gasteiger partial charge in [0.15, 0.2) is 5.65 Å². The number of hydrogen-bond donors (Lipinski definition) is 4. The molecule has 8 heteroatoms. The average Bonchev–Trinajstić information content (AvgIpc) is 3.19. The number of fused-ring (bicyclic) bond motifs is 1. The number of aliphatic hydroxyl groups is 3. The molecule has 0 fully saturated rings. The summed E-state index contributed by atoms with van der Waals surface area (Å²) in [5.74, 6) is -0.00601. The Balaban J connectivity index is 1.99. The maximum Gasteiger partial charge on any atom is 0.150 e. The predicted octanol–water partition coefficient (Wildman–Crippen LogP) is 2.66. The van der Waals surface area contributed by atoms with E-state index in [0.717, 1.165) is 22.4 Å². The largest absolute Gasteiger partial charge is 0.394 e. The van der Waals surface area contributed by atoms with E-state index >= 15 is 0 Å². The van der Waals surface area contributed by atoms with E-state index in [4.69, 9.17) is 0 Å². The molecule has 4 N–H and O–H groups in total. The minimum Gasteiger partial charge on any atom is -0.394 e. The van der Waals surface area contributed by atoms with Crippen LogP contribution in [0, 0.1) is 12.7 Å². The Morgan fingerprint density at radius 1 is 1.00 bits per heavy atom. The molecule has 0 bridgehead atoms. The summed E-state index contributed by atoms with van der Waals surface area (Å²) in [6.07, 6.45) is 3.27. The lowest BCUT2D eigenvalue weighted by Gasteiger charge is -2.29. The number of benzene rings is 2. The van der Waals surface area contributed by atoms with Gasteiger partial charge in [-0.25, -0.2) is 14.4 Å². The molecule has 0 atom stereocenters. The van der Waals surface area contributed by atoms with Crippen molar-refractivity contribution in [3.63, 3.8) is 0 Å². The van der Waals surface area contributed by atoms with Crippen molar-refractivity contribution >= 4 is 16.9 Å². The smallest absolute Gasteiger partial charge is 0.150 e. The van der Waals surface area contributed by atoms with Gasteiger partial charge in [-0.05, 0) is 42.3 Å². The van der Waals surface area contributed by atoms with Crippen LogP contribution in [-0.2, 0) is 0 Å². The van der Waals surface area contributed by atoms with Gasteiger partial charge in [-0.3, -0.25) is 0 Å². The van der Waals surface area contributed by atoms with E-state index < -0.39 is 25.4 Å². The maximum atomic E-state index is 13.5. The summed E-state index contributed by atoms with van der Waals surface area (Å²) in [6, 6.07) is 14.0. The fraction of sp³-hybridized carbons (Fsp3) is 0.217. The Hall–Kier alpha value is -3.33. The van der Waals surface area contributed by atoms with E-state index in [2.05, 4.69) is 15.3 Å². The molecular weight excluding hydrogens is 399 g/mol. The number of nitrogens with zero attached hydrogens (tertiary/aromatic N) is 3. The third-order valence-electron chi connectivity index (χ3n) is 5.31. The van der Waals surface area contributed by atoms with Crippen LogP contribution in [0.4, 0.5) is 10.2 Å². The minimum absolute atomic E-state index is 0.341. The monoisotopic (exact) mass is 422 g/mol. The first-order chi connectivity index (χ1) is 15.0. The molecule has 0 saturated heterocycles. The van der Waals surface area contributed by atoms with E-state index in [1.807, 2.05) is 42.0 Å². The molecule has 0 amide bonds. The topological polar surface area (TPSA) is 103 Å². The zero-order chi connectivity index (χ0) is 22.0. The molecule has 160 valence electrons. The fourth-order valence-electron chi connectivity index (χ4n) is 3.50. The summed E-state index contributed by atoms with van der Waals surface area (Å²) in [5, 5.41) is 32.9. The number of hydrogen-bond acceptors (Lipinski definition) is 6. The number of anilines is 1. The number of rotatable bonds is 7. The molecule has 2 heterocycles. The second kappa shape index (κ2) is 8.43. The third-order valence-corrected chi connectivity index (χ3v) is 5.31. The Labute approximate surface area is 178 Å². The van der Waals surface area contributed by atoms with Crippen molar-refractivity contribution in [2.45, 2.75) is 12.5 Å². The Morgan fingerprint density at radius 3 is 2.35 bits per heavy atom. The van der Waals surface area contributed by atoms with Gasteiger partial charge in [0.2, 0.25) is 0 Å². The molecule has 0 radical (unpaired) electrons. The molecule has 0 saturated carbocycles. The Kier molecular flexibility index (Phi) is 5.69. The van der Waals surface area contributed by atoms with E-state index in [-0.39, 0.29) is 5.82 Å². The molecule has 7 nitrogen and oxygen atoms in total. The highest BCUT2D eigenvalue weighted by Crippen LogP contribution is 2.36. The molecule has 2 aromatic heterocycles. The Bertz CT molecular complexity index is 1200. The third kappa shape index (κ3) is 3.88. The van der Waals surface area contributed by atoms with Crippen LogP contribution < -0.4 is 5.32 Å². The van der Waals surface area contributed by atoms with Crippen molar-refractivity contribution in [3.8, 4) is 16.8 Å². The van der Waals surface area contributed by atoms with Crippen molar-refractivity contribution in [1.82, 2.24) is 14.5 Å². The molecular formula is C23H23FN4O3. The summed E-state index contributed by atoms with van der Waals surface area (Å²) in [5.41, 5.74) is 2.67. The fourth-order valence-corrected chi connectivity index (χ4v) is 3.50. The standard InChI is InChI=1S/C23H23FN4O3/c1-15-3-2-4-18(9-15)28-10-19(16-5-7-17(24)8-6-16)20-21(25-14-26-22(20)28)27-23(11-29,12-30)13-31/h2-10,14,29-31H,11-13H2,1H3,(H,25,26,27).